The summed E-state index contributed by atoms with van der Waals surface area (Å²) in [4.78, 5) is 25.9. The zero-order chi connectivity index (χ0) is 25.6. The summed E-state index contributed by atoms with van der Waals surface area (Å²) in [6, 6.07) is 32.6. The van der Waals surface area contributed by atoms with Gasteiger partial charge in [-0.05, 0) is 48.2 Å². The average molecular weight is 493 g/mol. The van der Waals surface area contributed by atoms with Gasteiger partial charge in [-0.1, -0.05) is 78.9 Å². The normalized spacial score (nSPS) is 12.8. The first kappa shape index (κ1) is 24.3. The van der Waals surface area contributed by atoms with Crippen LogP contribution in [0.15, 0.2) is 108 Å². The number of hydrogen-bond acceptors (Lipinski definition) is 5. The molecule has 5 heteroatoms. The molecule has 1 heterocycles. The van der Waals surface area contributed by atoms with E-state index < -0.39 is 18.0 Å². The summed E-state index contributed by atoms with van der Waals surface area (Å²) in [5.74, 6) is -1.40. The molecule has 4 aromatic carbocycles. The summed E-state index contributed by atoms with van der Waals surface area (Å²) in [6.45, 7) is 0. The lowest BCUT2D eigenvalue weighted by Gasteiger charge is -2.23. The first-order chi connectivity index (χ1) is 18.1. The maximum atomic E-state index is 13.0. The minimum absolute atomic E-state index is 0.295. The summed E-state index contributed by atoms with van der Waals surface area (Å²) in [6.07, 6.45) is 1.08. The second-order valence-electron chi connectivity index (χ2n) is 9.08. The Hall–Kier alpha value is -4.38. The molecule has 0 fully saturated rings. The van der Waals surface area contributed by atoms with Crippen molar-refractivity contribution in [2.45, 2.75) is 31.3 Å². The molecule has 0 saturated carbocycles. The quantitative estimate of drug-likeness (QED) is 0.206. The van der Waals surface area contributed by atoms with Crippen LogP contribution in [0.1, 0.15) is 40.2 Å². The van der Waals surface area contributed by atoms with E-state index in [1.807, 2.05) is 78.9 Å². The minimum Gasteiger partial charge on any atom is -0.469 e. The van der Waals surface area contributed by atoms with Crippen molar-refractivity contribution in [3.63, 3.8) is 0 Å². The van der Waals surface area contributed by atoms with E-state index >= 15 is 0 Å². The van der Waals surface area contributed by atoms with E-state index in [0.29, 0.717) is 30.4 Å². The Morgan fingerprint density at radius 3 is 2.22 bits per heavy atom. The van der Waals surface area contributed by atoms with Gasteiger partial charge in [0.2, 0.25) is 0 Å². The molecule has 0 bridgehead atoms. The van der Waals surface area contributed by atoms with Crippen molar-refractivity contribution >= 4 is 33.9 Å². The van der Waals surface area contributed by atoms with Crippen LogP contribution in [-0.2, 0) is 20.7 Å². The van der Waals surface area contributed by atoms with E-state index in [0.717, 1.165) is 27.5 Å². The summed E-state index contributed by atoms with van der Waals surface area (Å²) in [5, 5.41) is 2.01. The number of carbonyl (C=O) groups excluding carboxylic acids is 2. The zero-order valence-electron chi connectivity index (χ0n) is 20.6. The van der Waals surface area contributed by atoms with Gasteiger partial charge in [-0.2, -0.15) is 0 Å². The zero-order valence-corrected chi connectivity index (χ0v) is 20.6. The fourth-order valence-corrected chi connectivity index (χ4v) is 4.72. The number of aryl methyl sites for hydroxylation is 1. The molecule has 1 aromatic heterocycles. The molecule has 5 aromatic rings. The fraction of sp³-hybridized carbons (Fsp3) is 0.188. The number of benzene rings is 4. The molecule has 5 rings (SSSR count). The Morgan fingerprint density at radius 1 is 0.784 bits per heavy atom. The molecular formula is C32H28O5. The van der Waals surface area contributed by atoms with Crippen LogP contribution >= 0.6 is 0 Å². The molecular weight excluding hydrogens is 464 g/mol. The summed E-state index contributed by atoms with van der Waals surface area (Å²) in [7, 11) is 1.38. The van der Waals surface area contributed by atoms with Crippen LogP contribution in [0.4, 0.5) is 0 Å². The molecule has 0 radical (unpaired) electrons. The first-order valence-electron chi connectivity index (χ1n) is 12.4. The summed E-state index contributed by atoms with van der Waals surface area (Å²) in [5.41, 5.74) is 3.88. The van der Waals surface area contributed by atoms with Crippen molar-refractivity contribution in [3.05, 3.63) is 120 Å². The predicted octanol–water partition coefficient (Wildman–Crippen LogP) is 7.09. The monoisotopic (exact) mass is 492 g/mol. The highest BCUT2D eigenvalue weighted by Gasteiger charge is 2.29. The number of carbonyl (C=O) groups is 2. The Kier molecular flexibility index (Phi) is 7.31. The van der Waals surface area contributed by atoms with Crippen LogP contribution in [0.5, 0.6) is 0 Å². The maximum Gasteiger partial charge on any atom is 0.338 e. The molecule has 0 amide bonds. The van der Waals surface area contributed by atoms with E-state index in [2.05, 4.69) is 0 Å². The maximum absolute atomic E-state index is 13.0. The van der Waals surface area contributed by atoms with Gasteiger partial charge in [-0.3, -0.25) is 4.79 Å². The molecule has 0 N–H and O–H groups in total. The number of methoxy groups -OCH3 is 1. The number of ether oxygens (including phenoxy) is 2. The van der Waals surface area contributed by atoms with Crippen molar-refractivity contribution in [2.24, 2.45) is 0 Å². The Bertz CT molecular complexity index is 1500. The van der Waals surface area contributed by atoms with Gasteiger partial charge >= 0.3 is 11.9 Å². The van der Waals surface area contributed by atoms with Crippen molar-refractivity contribution in [2.75, 3.05) is 7.11 Å². The van der Waals surface area contributed by atoms with Crippen molar-refractivity contribution in [3.8, 4) is 0 Å². The highest BCUT2D eigenvalue weighted by molar-refractivity contribution is 6.05. The lowest BCUT2D eigenvalue weighted by Crippen LogP contribution is -2.26. The number of esters is 2. The topological polar surface area (TPSA) is 65.7 Å². The van der Waals surface area contributed by atoms with Crippen LogP contribution in [0.25, 0.3) is 21.9 Å². The molecule has 2 unspecified atom stereocenters. The van der Waals surface area contributed by atoms with Gasteiger partial charge in [-0.15, -0.1) is 0 Å². The SMILES string of the molecule is COC(=O)C(CC(CCc1ccccc1)OC(=O)c1ccccc1)c1ccc2c(c1)oc1ccccc12. The number of rotatable bonds is 9. The average Bonchev–Trinajstić information content (AvgIpc) is 3.33. The summed E-state index contributed by atoms with van der Waals surface area (Å²) < 4.78 is 17.2. The van der Waals surface area contributed by atoms with Gasteiger partial charge < -0.3 is 13.9 Å². The molecule has 5 nitrogen and oxygen atoms in total. The third-order valence-corrected chi connectivity index (χ3v) is 6.67. The van der Waals surface area contributed by atoms with E-state index in [-0.39, 0.29) is 5.97 Å². The third-order valence-electron chi connectivity index (χ3n) is 6.67. The minimum atomic E-state index is -0.619. The number of hydrogen-bond donors (Lipinski definition) is 0. The van der Waals surface area contributed by atoms with Gasteiger partial charge in [0.25, 0.3) is 0 Å². The van der Waals surface area contributed by atoms with Crippen molar-refractivity contribution in [1.82, 2.24) is 0 Å². The molecule has 0 aliphatic heterocycles. The fourth-order valence-electron chi connectivity index (χ4n) is 4.72. The predicted molar refractivity (Wildman–Crippen MR) is 144 cm³/mol. The van der Waals surface area contributed by atoms with E-state index in [4.69, 9.17) is 13.9 Å². The summed E-state index contributed by atoms with van der Waals surface area (Å²) >= 11 is 0. The first-order valence-corrected chi connectivity index (χ1v) is 12.4. The molecule has 0 saturated heterocycles. The van der Waals surface area contributed by atoms with Gasteiger partial charge in [0.15, 0.2) is 0 Å². The Morgan fingerprint density at radius 2 is 1.46 bits per heavy atom. The molecule has 186 valence electrons. The van der Waals surface area contributed by atoms with Crippen LogP contribution in [0.3, 0.4) is 0 Å². The van der Waals surface area contributed by atoms with Crippen LogP contribution in [-0.4, -0.2) is 25.2 Å². The lowest BCUT2D eigenvalue weighted by atomic mass is 9.90. The Labute approximate surface area is 215 Å². The molecule has 0 spiro atoms. The van der Waals surface area contributed by atoms with Gasteiger partial charge in [0.1, 0.15) is 17.3 Å². The highest BCUT2D eigenvalue weighted by Crippen LogP contribution is 2.33. The molecule has 0 aliphatic rings. The van der Waals surface area contributed by atoms with Crippen molar-refractivity contribution in [1.29, 1.82) is 0 Å². The highest BCUT2D eigenvalue weighted by atomic mass is 16.5. The second-order valence-corrected chi connectivity index (χ2v) is 9.08. The van der Waals surface area contributed by atoms with Crippen molar-refractivity contribution < 1.29 is 23.5 Å². The molecule has 37 heavy (non-hydrogen) atoms. The lowest BCUT2D eigenvalue weighted by molar-refractivity contribution is -0.143. The molecule has 0 aliphatic carbocycles. The largest absolute Gasteiger partial charge is 0.469 e. The Balaban J connectivity index is 1.44. The second kappa shape index (κ2) is 11.1. The van der Waals surface area contributed by atoms with E-state index in [1.165, 1.54) is 7.11 Å². The van der Waals surface area contributed by atoms with Gasteiger partial charge in [0, 0.05) is 17.2 Å². The van der Waals surface area contributed by atoms with Gasteiger partial charge in [-0.25, -0.2) is 4.79 Å². The van der Waals surface area contributed by atoms with Crippen LogP contribution < -0.4 is 0 Å². The van der Waals surface area contributed by atoms with Crippen LogP contribution in [0, 0.1) is 0 Å². The standard InChI is InChI=1S/C32H28O5/c1-35-32(34)28(24-17-19-27-26-14-8-9-15-29(26)37-30(27)20-24)21-25(18-16-22-10-4-2-5-11-22)36-31(33)23-12-6-3-7-13-23/h2-15,17,19-20,25,28H,16,18,21H2,1H3. The molecule has 2 atom stereocenters. The smallest absolute Gasteiger partial charge is 0.338 e. The van der Waals surface area contributed by atoms with E-state index in [1.54, 1.807) is 24.3 Å². The van der Waals surface area contributed by atoms with Crippen LogP contribution in [0.2, 0.25) is 0 Å². The number of fused-ring (bicyclic) bond motifs is 3. The third kappa shape index (κ3) is 5.56. The van der Waals surface area contributed by atoms with Gasteiger partial charge in [0.05, 0.1) is 18.6 Å². The number of para-hydroxylation sites is 1. The number of furan rings is 1. The van der Waals surface area contributed by atoms with E-state index in [9.17, 15) is 9.59 Å².